The van der Waals surface area contributed by atoms with E-state index in [2.05, 4.69) is 21.5 Å². The Morgan fingerprint density at radius 2 is 2.39 bits per heavy atom. The molecule has 18 heavy (non-hydrogen) atoms. The molecule has 2 aromatic heterocycles. The minimum Gasteiger partial charge on any atom is -0.342 e. The van der Waals surface area contributed by atoms with Crippen molar-refractivity contribution < 1.29 is 4.52 Å². The van der Waals surface area contributed by atoms with Crippen molar-refractivity contribution in [1.29, 1.82) is 5.26 Å². The first-order valence-corrected chi connectivity index (χ1v) is 5.74. The van der Waals surface area contributed by atoms with E-state index in [0.29, 0.717) is 23.8 Å². The molecule has 0 atom stereocenters. The first-order valence-electron chi connectivity index (χ1n) is 5.74. The van der Waals surface area contributed by atoms with Gasteiger partial charge in [0.2, 0.25) is 5.89 Å². The van der Waals surface area contributed by atoms with Gasteiger partial charge in [0.25, 0.3) is 0 Å². The summed E-state index contributed by atoms with van der Waals surface area (Å²) in [5.41, 5.74) is 1.76. The SMILES string of the molecule is Cc1noc(CCNCc2cc(C#N)n(C)c2)n1. The quantitative estimate of drug-likeness (QED) is 0.792. The Labute approximate surface area is 105 Å². The molecule has 6 heteroatoms. The number of aromatic nitrogens is 3. The number of nitrogens with one attached hydrogen (secondary N) is 1. The van der Waals surface area contributed by atoms with Gasteiger partial charge in [-0.3, -0.25) is 0 Å². The van der Waals surface area contributed by atoms with Gasteiger partial charge in [-0.15, -0.1) is 0 Å². The van der Waals surface area contributed by atoms with E-state index in [1.807, 2.05) is 23.9 Å². The van der Waals surface area contributed by atoms with Crippen molar-refractivity contribution in [3.63, 3.8) is 0 Å². The van der Waals surface area contributed by atoms with Crippen molar-refractivity contribution >= 4 is 0 Å². The second kappa shape index (κ2) is 5.47. The van der Waals surface area contributed by atoms with Crippen LogP contribution < -0.4 is 5.32 Å². The highest BCUT2D eigenvalue weighted by molar-refractivity contribution is 5.28. The summed E-state index contributed by atoms with van der Waals surface area (Å²) in [6, 6.07) is 4.02. The Balaban J connectivity index is 1.77. The highest BCUT2D eigenvalue weighted by Crippen LogP contribution is 2.05. The predicted octanol–water partition coefficient (Wildman–Crippen LogP) is 0.920. The lowest BCUT2D eigenvalue weighted by atomic mass is 10.3. The molecular weight excluding hydrogens is 230 g/mol. The molecule has 94 valence electrons. The van der Waals surface area contributed by atoms with Crippen LogP contribution in [0.1, 0.15) is 23.0 Å². The van der Waals surface area contributed by atoms with E-state index < -0.39 is 0 Å². The van der Waals surface area contributed by atoms with Gasteiger partial charge >= 0.3 is 0 Å². The topological polar surface area (TPSA) is 79.7 Å². The molecule has 0 aliphatic heterocycles. The van der Waals surface area contributed by atoms with E-state index in [1.54, 1.807) is 6.92 Å². The summed E-state index contributed by atoms with van der Waals surface area (Å²) >= 11 is 0. The Bertz CT molecular complexity index is 563. The molecule has 2 rings (SSSR count). The van der Waals surface area contributed by atoms with E-state index in [-0.39, 0.29) is 0 Å². The van der Waals surface area contributed by atoms with Gasteiger partial charge in [0, 0.05) is 32.8 Å². The van der Waals surface area contributed by atoms with Crippen LogP contribution in [0.4, 0.5) is 0 Å². The number of rotatable bonds is 5. The van der Waals surface area contributed by atoms with Gasteiger partial charge in [0.05, 0.1) is 0 Å². The van der Waals surface area contributed by atoms with Gasteiger partial charge in [0.1, 0.15) is 11.8 Å². The van der Waals surface area contributed by atoms with Gasteiger partial charge in [-0.05, 0) is 18.6 Å². The van der Waals surface area contributed by atoms with E-state index >= 15 is 0 Å². The maximum atomic E-state index is 8.84. The molecule has 0 amide bonds. The van der Waals surface area contributed by atoms with Crippen LogP contribution in [0.15, 0.2) is 16.8 Å². The van der Waals surface area contributed by atoms with E-state index in [1.165, 1.54) is 0 Å². The molecule has 2 heterocycles. The van der Waals surface area contributed by atoms with Crippen LogP contribution in [0.5, 0.6) is 0 Å². The smallest absolute Gasteiger partial charge is 0.227 e. The lowest BCUT2D eigenvalue weighted by Crippen LogP contribution is -2.16. The van der Waals surface area contributed by atoms with Crippen molar-refractivity contribution in [2.24, 2.45) is 7.05 Å². The molecule has 0 saturated heterocycles. The van der Waals surface area contributed by atoms with Crippen molar-refractivity contribution in [3.8, 4) is 6.07 Å². The van der Waals surface area contributed by atoms with Crippen LogP contribution in [-0.2, 0) is 20.0 Å². The minimum atomic E-state index is 0.644. The van der Waals surface area contributed by atoms with E-state index in [0.717, 1.165) is 18.7 Å². The van der Waals surface area contributed by atoms with Crippen LogP contribution in [0.25, 0.3) is 0 Å². The number of nitriles is 1. The number of aryl methyl sites for hydroxylation is 2. The molecule has 1 N–H and O–H groups in total. The second-order valence-corrected chi connectivity index (χ2v) is 4.12. The predicted molar refractivity (Wildman–Crippen MR) is 64.6 cm³/mol. The fourth-order valence-corrected chi connectivity index (χ4v) is 1.71. The van der Waals surface area contributed by atoms with Gasteiger partial charge in [-0.25, -0.2) is 0 Å². The van der Waals surface area contributed by atoms with Gasteiger partial charge in [-0.1, -0.05) is 5.16 Å². The number of nitrogens with zero attached hydrogens (tertiary/aromatic N) is 4. The van der Waals surface area contributed by atoms with Gasteiger partial charge < -0.3 is 14.4 Å². The van der Waals surface area contributed by atoms with E-state index in [9.17, 15) is 0 Å². The van der Waals surface area contributed by atoms with Crippen LogP contribution >= 0.6 is 0 Å². The maximum Gasteiger partial charge on any atom is 0.227 e. The summed E-state index contributed by atoms with van der Waals surface area (Å²) in [5, 5.41) is 15.8. The molecule has 6 nitrogen and oxygen atoms in total. The molecule has 0 aliphatic rings. The number of hydrogen-bond acceptors (Lipinski definition) is 5. The second-order valence-electron chi connectivity index (χ2n) is 4.12. The zero-order valence-electron chi connectivity index (χ0n) is 10.5. The zero-order chi connectivity index (χ0) is 13.0. The van der Waals surface area contributed by atoms with Crippen molar-refractivity contribution in [2.45, 2.75) is 19.9 Å². The molecule has 2 aromatic rings. The third-order valence-corrected chi connectivity index (χ3v) is 2.59. The average Bonchev–Trinajstić information content (AvgIpc) is 2.91. The summed E-state index contributed by atoms with van der Waals surface area (Å²) in [7, 11) is 1.86. The minimum absolute atomic E-state index is 0.644. The van der Waals surface area contributed by atoms with Crippen LogP contribution in [0.3, 0.4) is 0 Å². The highest BCUT2D eigenvalue weighted by Gasteiger charge is 2.03. The summed E-state index contributed by atoms with van der Waals surface area (Å²) in [6.45, 7) is 3.29. The lowest BCUT2D eigenvalue weighted by molar-refractivity contribution is 0.372. The highest BCUT2D eigenvalue weighted by atomic mass is 16.5. The molecule has 0 radical (unpaired) electrons. The summed E-state index contributed by atoms with van der Waals surface area (Å²) < 4.78 is 6.83. The molecule has 0 fully saturated rings. The van der Waals surface area contributed by atoms with Crippen molar-refractivity contribution in [1.82, 2.24) is 20.0 Å². The summed E-state index contributed by atoms with van der Waals surface area (Å²) in [5.74, 6) is 1.30. The molecule has 0 saturated carbocycles. The molecule has 0 bridgehead atoms. The fourth-order valence-electron chi connectivity index (χ4n) is 1.71. The van der Waals surface area contributed by atoms with Gasteiger partial charge in [-0.2, -0.15) is 10.2 Å². The largest absolute Gasteiger partial charge is 0.342 e. The lowest BCUT2D eigenvalue weighted by Gasteiger charge is -1.99. The Kier molecular flexibility index (Phi) is 3.75. The average molecular weight is 245 g/mol. The first kappa shape index (κ1) is 12.3. The van der Waals surface area contributed by atoms with Crippen LogP contribution in [0.2, 0.25) is 0 Å². The fraction of sp³-hybridized carbons (Fsp3) is 0.417. The monoisotopic (exact) mass is 245 g/mol. The zero-order valence-corrected chi connectivity index (χ0v) is 10.5. The van der Waals surface area contributed by atoms with Crippen LogP contribution in [-0.4, -0.2) is 21.3 Å². The first-order chi connectivity index (χ1) is 8.69. The molecular formula is C12H15N5O. The normalized spacial score (nSPS) is 10.5. The maximum absolute atomic E-state index is 8.84. The van der Waals surface area contributed by atoms with Crippen molar-refractivity contribution in [3.05, 3.63) is 35.2 Å². The Morgan fingerprint density at radius 3 is 3.00 bits per heavy atom. The molecule has 0 spiro atoms. The standard InChI is InChI=1S/C12H15N5O/c1-9-15-12(18-16-9)3-4-14-7-10-5-11(6-13)17(2)8-10/h5,8,14H,3-4,7H2,1-2H3. The van der Waals surface area contributed by atoms with Crippen LogP contribution in [0, 0.1) is 18.3 Å². The molecule has 0 unspecified atom stereocenters. The summed E-state index contributed by atoms with van der Waals surface area (Å²) in [4.78, 5) is 4.12. The summed E-state index contributed by atoms with van der Waals surface area (Å²) in [6.07, 6.45) is 2.65. The Morgan fingerprint density at radius 1 is 1.56 bits per heavy atom. The third-order valence-electron chi connectivity index (χ3n) is 2.59. The molecule has 0 aromatic carbocycles. The Hall–Kier alpha value is -2.13. The number of hydrogen-bond donors (Lipinski definition) is 1. The van der Waals surface area contributed by atoms with Crippen molar-refractivity contribution in [2.75, 3.05) is 6.54 Å². The molecule has 0 aliphatic carbocycles. The third kappa shape index (κ3) is 2.96. The van der Waals surface area contributed by atoms with Gasteiger partial charge in [0.15, 0.2) is 5.82 Å². The van der Waals surface area contributed by atoms with E-state index in [4.69, 9.17) is 9.78 Å².